The molecule has 0 unspecified atom stereocenters. The molecule has 1 saturated heterocycles. The van der Waals surface area contributed by atoms with Gasteiger partial charge in [-0.3, -0.25) is 9.59 Å². The van der Waals surface area contributed by atoms with Gasteiger partial charge in [-0.1, -0.05) is 0 Å². The molecule has 4 rings (SSSR count). The Labute approximate surface area is 201 Å². The third kappa shape index (κ3) is 4.60. The largest absolute Gasteiger partial charge is 0.480 e. The summed E-state index contributed by atoms with van der Waals surface area (Å²) >= 11 is 3.41. The number of aromatic nitrogens is 2. The van der Waals surface area contributed by atoms with E-state index in [-0.39, 0.29) is 17.9 Å². The van der Waals surface area contributed by atoms with Gasteiger partial charge in [0.15, 0.2) is 0 Å². The predicted octanol–water partition coefficient (Wildman–Crippen LogP) is 3.13. The van der Waals surface area contributed by atoms with Gasteiger partial charge in [-0.2, -0.15) is 0 Å². The van der Waals surface area contributed by atoms with Crippen molar-refractivity contribution in [2.45, 2.75) is 12.5 Å². The summed E-state index contributed by atoms with van der Waals surface area (Å²) in [7, 11) is 7.01. The van der Waals surface area contributed by atoms with Crippen LogP contribution in [-0.4, -0.2) is 78.2 Å². The molecule has 1 atom stereocenters. The maximum Gasteiger partial charge on any atom is 0.255 e. The molecule has 0 radical (unpaired) electrons. The molecule has 0 bridgehead atoms. The second-order valence-electron chi connectivity index (χ2n) is 8.34. The Kier molecular flexibility index (Phi) is 6.71. The van der Waals surface area contributed by atoms with Crippen molar-refractivity contribution in [3.05, 3.63) is 57.8 Å². The normalized spacial score (nSPS) is 16.2. The topological polar surface area (TPSA) is 76.9 Å². The molecule has 9 heteroatoms. The number of ether oxygens (including phenoxy) is 2. The van der Waals surface area contributed by atoms with Crippen LogP contribution in [0.1, 0.15) is 26.3 Å². The van der Waals surface area contributed by atoms with E-state index in [1.807, 2.05) is 30.1 Å². The van der Waals surface area contributed by atoms with Crippen LogP contribution >= 0.6 is 15.9 Å². The Bertz CT molecular complexity index is 1210. The van der Waals surface area contributed by atoms with Crippen LogP contribution in [0.3, 0.4) is 0 Å². The lowest BCUT2D eigenvalue weighted by Gasteiger charge is -2.35. The van der Waals surface area contributed by atoms with Crippen molar-refractivity contribution in [1.29, 1.82) is 0 Å². The van der Waals surface area contributed by atoms with Gasteiger partial charge in [0.05, 0.1) is 36.4 Å². The zero-order valence-electron chi connectivity index (χ0n) is 19.2. The van der Waals surface area contributed by atoms with Gasteiger partial charge in [-0.25, -0.2) is 4.98 Å². The maximum atomic E-state index is 13.4. The highest BCUT2D eigenvalue weighted by atomic mass is 79.9. The third-order valence-electron chi connectivity index (χ3n) is 5.92. The minimum atomic E-state index is -0.133. The molecule has 0 aliphatic carbocycles. The molecule has 8 nitrogen and oxygen atoms in total. The van der Waals surface area contributed by atoms with Gasteiger partial charge >= 0.3 is 0 Å². The third-order valence-corrected chi connectivity index (χ3v) is 6.48. The molecule has 1 aromatic carbocycles. The van der Waals surface area contributed by atoms with Crippen molar-refractivity contribution < 1.29 is 19.1 Å². The van der Waals surface area contributed by atoms with E-state index in [2.05, 4.69) is 31.7 Å². The minimum absolute atomic E-state index is 0.0397. The molecule has 0 saturated carbocycles. The quantitative estimate of drug-likeness (QED) is 0.522. The van der Waals surface area contributed by atoms with Crippen LogP contribution in [0.15, 0.2) is 41.1 Å². The van der Waals surface area contributed by atoms with E-state index in [0.29, 0.717) is 47.7 Å². The molecule has 1 aliphatic rings. The Hall–Kier alpha value is -2.91. The van der Waals surface area contributed by atoms with Crippen LogP contribution in [0.2, 0.25) is 0 Å². The van der Waals surface area contributed by atoms with Gasteiger partial charge in [0, 0.05) is 56.5 Å². The van der Waals surface area contributed by atoms with E-state index in [0.717, 1.165) is 16.5 Å². The monoisotopic (exact) mass is 514 g/mol. The van der Waals surface area contributed by atoms with Gasteiger partial charge < -0.3 is 23.8 Å². The molecule has 174 valence electrons. The number of rotatable bonds is 5. The molecule has 0 spiro atoms. The SMILES string of the molecule is COc1ncc(C(=O)N2CCOC[C@@H]2Cc2cn(C)c3ccc(C(=O)N(C)C)cc23)cc1Br. The van der Waals surface area contributed by atoms with Crippen LogP contribution in [0.5, 0.6) is 5.88 Å². The molecule has 1 fully saturated rings. The Balaban J connectivity index is 1.64. The number of carbonyl (C=O) groups excluding carboxylic acids is 2. The zero-order chi connectivity index (χ0) is 23.7. The van der Waals surface area contributed by atoms with Crippen molar-refractivity contribution in [2.75, 3.05) is 41.0 Å². The Morgan fingerprint density at radius 3 is 2.76 bits per heavy atom. The summed E-state index contributed by atoms with van der Waals surface area (Å²) in [5.74, 6) is 0.300. The van der Waals surface area contributed by atoms with Crippen LogP contribution in [-0.2, 0) is 18.2 Å². The Morgan fingerprint density at radius 1 is 1.27 bits per heavy atom. The van der Waals surface area contributed by atoms with Crippen molar-refractivity contribution in [3.8, 4) is 5.88 Å². The molecule has 2 aromatic heterocycles. The van der Waals surface area contributed by atoms with E-state index in [9.17, 15) is 9.59 Å². The van der Waals surface area contributed by atoms with E-state index in [1.54, 1.807) is 25.1 Å². The minimum Gasteiger partial charge on any atom is -0.480 e. The van der Waals surface area contributed by atoms with Crippen LogP contribution < -0.4 is 4.74 Å². The van der Waals surface area contributed by atoms with E-state index in [4.69, 9.17) is 9.47 Å². The van der Waals surface area contributed by atoms with E-state index < -0.39 is 0 Å². The predicted molar refractivity (Wildman–Crippen MR) is 129 cm³/mol. The summed E-state index contributed by atoms with van der Waals surface area (Å²) in [6, 6.07) is 7.36. The van der Waals surface area contributed by atoms with E-state index in [1.165, 1.54) is 13.3 Å². The molecule has 3 aromatic rings. The van der Waals surface area contributed by atoms with Crippen molar-refractivity contribution >= 4 is 38.6 Å². The van der Waals surface area contributed by atoms with Gasteiger partial charge in [0.25, 0.3) is 11.8 Å². The fourth-order valence-corrected chi connectivity index (χ4v) is 4.74. The van der Waals surface area contributed by atoms with Crippen LogP contribution in [0.25, 0.3) is 10.9 Å². The average molecular weight is 515 g/mol. The smallest absolute Gasteiger partial charge is 0.255 e. The average Bonchev–Trinajstić information content (AvgIpc) is 3.12. The summed E-state index contributed by atoms with van der Waals surface area (Å²) in [6.07, 6.45) is 4.22. The number of methoxy groups -OCH3 is 1. The lowest BCUT2D eigenvalue weighted by Crippen LogP contribution is -2.49. The zero-order valence-corrected chi connectivity index (χ0v) is 20.8. The summed E-state index contributed by atoms with van der Waals surface area (Å²) in [5, 5.41) is 1.01. The highest BCUT2D eigenvalue weighted by molar-refractivity contribution is 9.10. The highest BCUT2D eigenvalue weighted by Gasteiger charge is 2.30. The number of aryl methyl sites for hydroxylation is 1. The summed E-state index contributed by atoms with van der Waals surface area (Å²) in [5.41, 5.74) is 3.25. The molecule has 0 N–H and O–H groups in total. The molecule has 1 aliphatic heterocycles. The number of benzene rings is 1. The van der Waals surface area contributed by atoms with E-state index >= 15 is 0 Å². The summed E-state index contributed by atoms with van der Waals surface area (Å²) < 4.78 is 13.6. The number of fused-ring (bicyclic) bond motifs is 1. The molecular weight excluding hydrogens is 488 g/mol. The number of nitrogens with zero attached hydrogens (tertiary/aromatic N) is 4. The first-order chi connectivity index (χ1) is 15.8. The fraction of sp³-hybridized carbons (Fsp3) is 0.375. The number of hydrogen-bond donors (Lipinski definition) is 0. The second-order valence-corrected chi connectivity index (χ2v) is 9.20. The lowest BCUT2D eigenvalue weighted by molar-refractivity contribution is -0.00159. The summed E-state index contributed by atoms with van der Waals surface area (Å²) in [4.78, 5) is 33.5. The van der Waals surface area contributed by atoms with Crippen molar-refractivity contribution in [1.82, 2.24) is 19.4 Å². The first kappa shape index (κ1) is 23.3. The number of pyridine rings is 1. The van der Waals surface area contributed by atoms with Crippen LogP contribution in [0.4, 0.5) is 0 Å². The molecule has 33 heavy (non-hydrogen) atoms. The first-order valence-corrected chi connectivity index (χ1v) is 11.5. The second kappa shape index (κ2) is 9.52. The maximum absolute atomic E-state index is 13.4. The number of hydrogen-bond acceptors (Lipinski definition) is 5. The highest BCUT2D eigenvalue weighted by Crippen LogP contribution is 2.27. The molecule has 3 heterocycles. The van der Waals surface area contributed by atoms with Gasteiger partial charge in [0.2, 0.25) is 5.88 Å². The first-order valence-electron chi connectivity index (χ1n) is 10.7. The van der Waals surface area contributed by atoms with Gasteiger partial charge in [0.1, 0.15) is 0 Å². The number of amides is 2. The van der Waals surface area contributed by atoms with Crippen molar-refractivity contribution in [3.63, 3.8) is 0 Å². The fourth-order valence-electron chi connectivity index (χ4n) is 4.23. The molecule has 2 amide bonds. The Morgan fingerprint density at radius 2 is 2.06 bits per heavy atom. The van der Waals surface area contributed by atoms with Gasteiger partial charge in [-0.05, 0) is 52.2 Å². The number of carbonyl (C=O) groups is 2. The standard InChI is InChI=1S/C24H27BrN4O4/c1-27(2)23(30)15-5-6-21-19(10-15)17(13-28(21)3)9-18-14-33-8-7-29(18)24(31)16-11-20(25)22(32-4)26-12-16/h5-6,10-13,18H,7-9,14H2,1-4H3/t18-/m0/s1. The lowest BCUT2D eigenvalue weighted by atomic mass is 10.0. The van der Waals surface area contributed by atoms with Gasteiger partial charge in [-0.15, -0.1) is 0 Å². The van der Waals surface area contributed by atoms with Crippen molar-refractivity contribution in [2.24, 2.45) is 7.05 Å². The number of morpholine rings is 1. The number of halogens is 1. The van der Waals surface area contributed by atoms with Crippen LogP contribution in [0, 0.1) is 0 Å². The summed E-state index contributed by atoms with van der Waals surface area (Å²) in [6.45, 7) is 1.44. The molecular formula is C24H27BrN4O4.